The maximum Gasteiger partial charge on any atom is 0.178 e. The number of hydrogen-bond donors (Lipinski definition) is 1. The number of nitrogens with one attached hydrogen (secondary N) is 1. The molecule has 4 nitrogen and oxygen atoms in total. The van der Waals surface area contributed by atoms with Crippen LogP contribution in [0.4, 0.5) is 0 Å². The highest BCUT2D eigenvalue weighted by Gasteiger charge is 2.30. The number of hydrogen-bond acceptors (Lipinski definition) is 3. The van der Waals surface area contributed by atoms with Crippen LogP contribution in [-0.2, 0) is 4.74 Å². The second-order valence-electron chi connectivity index (χ2n) is 5.94. The zero-order valence-corrected chi connectivity index (χ0v) is 12.9. The van der Waals surface area contributed by atoms with Crippen molar-refractivity contribution in [3.63, 3.8) is 0 Å². The quantitative estimate of drug-likeness (QED) is 0.855. The van der Waals surface area contributed by atoms with Gasteiger partial charge in [-0.3, -0.25) is 0 Å². The molecule has 1 fully saturated rings. The number of methoxy groups -OCH3 is 1. The van der Waals surface area contributed by atoms with Gasteiger partial charge >= 0.3 is 0 Å². The predicted octanol–water partition coefficient (Wildman–Crippen LogP) is 3.84. The lowest BCUT2D eigenvalue weighted by Crippen LogP contribution is -2.35. The molecule has 2 aromatic rings. The first-order valence-corrected chi connectivity index (χ1v) is 7.33. The van der Waals surface area contributed by atoms with Crippen molar-refractivity contribution in [2.24, 2.45) is 0 Å². The van der Waals surface area contributed by atoms with Crippen LogP contribution in [0.1, 0.15) is 32.7 Å². The summed E-state index contributed by atoms with van der Waals surface area (Å²) in [6.45, 7) is 5.05. The highest BCUT2D eigenvalue weighted by Crippen LogP contribution is 2.35. The molecule has 3 rings (SSSR count). The van der Waals surface area contributed by atoms with Gasteiger partial charge in [-0.1, -0.05) is 0 Å². The lowest BCUT2D eigenvalue weighted by molar-refractivity contribution is -0.0687. The Hall–Kier alpha value is -1.33. The molecular weight excluding hydrogens is 272 g/mol. The van der Waals surface area contributed by atoms with Gasteiger partial charge in [0.15, 0.2) is 4.77 Å². The number of H-pyrrole nitrogens is 1. The van der Waals surface area contributed by atoms with Crippen LogP contribution in [0, 0.1) is 4.77 Å². The molecule has 0 bridgehead atoms. The average Bonchev–Trinajstić information content (AvgIpc) is 2.72. The number of nitrogens with zero attached hydrogens (tertiary/aromatic N) is 1. The molecule has 1 aromatic heterocycles. The number of imidazole rings is 1. The second-order valence-corrected chi connectivity index (χ2v) is 6.32. The Morgan fingerprint density at radius 2 is 2.25 bits per heavy atom. The van der Waals surface area contributed by atoms with E-state index < -0.39 is 0 Å². The lowest BCUT2D eigenvalue weighted by atomic mass is 9.93. The van der Waals surface area contributed by atoms with Gasteiger partial charge in [-0.2, -0.15) is 0 Å². The normalized spacial score (nSPS) is 22.1. The van der Waals surface area contributed by atoms with Gasteiger partial charge in [-0.15, -0.1) is 0 Å². The van der Waals surface area contributed by atoms with Gasteiger partial charge in [0.25, 0.3) is 0 Å². The lowest BCUT2D eigenvalue weighted by Gasteiger charge is -2.36. The Morgan fingerprint density at radius 1 is 1.45 bits per heavy atom. The van der Waals surface area contributed by atoms with Crippen LogP contribution in [0.3, 0.4) is 0 Å². The van der Waals surface area contributed by atoms with Crippen molar-refractivity contribution in [3.8, 4) is 5.75 Å². The summed E-state index contributed by atoms with van der Waals surface area (Å²) in [6.07, 6.45) is 1.95. The van der Waals surface area contributed by atoms with Crippen molar-refractivity contribution in [3.05, 3.63) is 23.0 Å². The summed E-state index contributed by atoms with van der Waals surface area (Å²) in [7, 11) is 1.68. The van der Waals surface area contributed by atoms with Crippen LogP contribution in [0.2, 0.25) is 0 Å². The molecule has 20 heavy (non-hydrogen) atoms. The van der Waals surface area contributed by atoms with Gasteiger partial charge in [-0.05, 0) is 51.0 Å². The molecule has 1 N–H and O–H groups in total. The van der Waals surface area contributed by atoms with Crippen molar-refractivity contribution in [1.82, 2.24) is 9.55 Å². The fraction of sp³-hybridized carbons (Fsp3) is 0.533. The number of fused-ring (bicyclic) bond motifs is 1. The van der Waals surface area contributed by atoms with Crippen LogP contribution in [0.25, 0.3) is 11.0 Å². The first-order chi connectivity index (χ1) is 9.50. The minimum Gasteiger partial charge on any atom is -0.497 e. The number of benzene rings is 1. The highest BCUT2D eigenvalue weighted by atomic mass is 32.1. The summed E-state index contributed by atoms with van der Waals surface area (Å²) in [5.74, 6) is 0.853. The zero-order valence-electron chi connectivity index (χ0n) is 12.1. The predicted molar refractivity (Wildman–Crippen MR) is 82.0 cm³/mol. The Morgan fingerprint density at radius 3 is 2.95 bits per heavy atom. The van der Waals surface area contributed by atoms with Crippen LogP contribution in [0.5, 0.6) is 5.75 Å². The van der Waals surface area contributed by atoms with Gasteiger partial charge in [0.05, 0.1) is 23.7 Å². The minimum atomic E-state index is -0.0971. The molecule has 1 aromatic carbocycles. The molecule has 0 aliphatic carbocycles. The molecule has 1 aliphatic rings. The van der Waals surface area contributed by atoms with Gasteiger partial charge in [0.2, 0.25) is 0 Å². The summed E-state index contributed by atoms with van der Waals surface area (Å²) in [4.78, 5) is 3.28. The van der Waals surface area contributed by atoms with Gasteiger partial charge < -0.3 is 19.0 Å². The van der Waals surface area contributed by atoms with E-state index in [9.17, 15) is 0 Å². The number of aromatic nitrogens is 2. The third-order valence-electron chi connectivity index (χ3n) is 3.96. The molecule has 1 unspecified atom stereocenters. The third kappa shape index (κ3) is 2.36. The Kier molecular flexibility index (Phi) is 3.34. The molecule has 0 radical (unpaired) electrons. The van der Waals surface area contributed by atoms with E-state index in [2.05, 4.69) is 23.4 Å². The van der Waals surface area contributed by atoms with E-state index in [1.54, 1.807) is 7.11 Å². The van der Waals surface area contributed by atoms with Gasteiger partial charge in [-0.25, -0.2) is 0 Å². The summed E-state index contributed by atoms with van der Waals surface area (Å²) in [6, 6.07) is 6.38. The highest BCUT2D eigenvalue weighted by molar-refractivity contribution is 7.71. The van der Waals surface area contributed by atoms with Gasteiger partial charge in [0, 0.05) is 18.7 Å². The molecule has 0 amide bonds. The van der Waals surface area contributed by atoms with Crippen molar-refractivity contribution in [1.29, 1.82) is 0 Å². The Balaban J connectivity index is 2.10. The molecule has 2 heterocycles. The van der Waals surface area contributed by atoms with Crippen molar-refractivity contribution in [2.45, 2.75) is 38.3 Å². The first-order valence-electron chi connectivity index (χ1n) is 6.92. The Labute approximate surface area is 123 Å². The summed E-state index contributed by atoms with van der Waals surface area (Å²) in [5.41, 5.74) is 2.07. The average molecular weight is 292 g/mol. The standard InChI is InChI=1S/C15H20N2O2S/c1-15(2)9-10(6-7-19-15)17-13-8-11(18-3)4-5-12(13)16-14(17)20/h4-5,8,10H,6-7,9H2,1-3H3,(H,16,20). The molecule has 0 saturated carbocycles. The first kappa shape index (κ1) is 13.6. The van der Waals surface area contributed by atoms with Crippen LogP contribution >= 0.6 is 12.2 Å². The monoisotopic (exact) mass is 292 g/mol. The molecule has 1 atom stereocenters. The van der Waals surface area contributed by atoms with E-state index in [-0.39, 0.29) is 5.60 Å². The molecule has 5 heteroatoms. The van der Waals surface area contributed by atoms with Crippen molar-refractivity contribution in [2.75, 3.05) is 13.7 Å². The molecule has 108 valence electrons. The number of rotatable bonds is 2. The minimum absolute atomic E-state index is 0.0971. The molecule has 1 aliphatic heterocycles. The van der Waals surface area contributed by atoms with Crippen molar-refractivity contribution >= 4 is 23.3 Å². The summed E-state index contributed by atoms with van der Waals surface area (Å²) in [5, 5.41) is 0. The molecular formula is C15H20N2O2S. The maximum absolute atomic E-state index is 5.81. The van der Waals surface area contributed by atoms with E-state index in [0.29, 0.717) is 6.04 Å². The van der Waals surface area contributed by atoms with Crippen LogP contribution in [0.15, 0.2) is 18.2 Å². The van der Waals surface area contributed by atoms with E-state index in [1.807, 2.05) is 18.2 Å². The summed E-state index contributed by atoms with van der Waals surface area (Å²) < 4.78 is 14.1. The van der Waals surface area contributed by atoms with E-state index in [0.717, 1.165) is 41.0 Å². The fourth-order valence-electron chi connectivity index (χ4n) is 3.01. The molecule has 0 spiro atoms. The molecule has 1 saturated heterocycles. The van der Waals surface area contributed by atoms with E-state index >= 15 is 0 Å². The SMILES string of the molecule is COc1ccc2[nH]c(=S)n(C3CCOC(C)(C)C3)c2c1. The number of ether oxygens (including phenoxy) is 2. The van der Waals surface area contributed by atoms with Crippen molar-refractivity contribution < 1.29 is 9.47 Å². The third-order valence-corrected chi connectivity index (χ3v) is 4.26. The van der Waals surface area contributed by atoms with E-state index in [1.165, 1.54) is 0 Å². The second kappa shape index (κ2) is 4.90. The fourth-order valence-corrected chi connectivity index (χ4v) is 3.37. The zero-order chi connectivity index (χ0) is 14.3. The Bertz CT molecular complexity index is 687. The largest absolute Gasteiger partial charge is 0.497 e. The summed E-state index contributed by atoms with van der Waals surface area (Å²) >= 11 is 5.51. The van der Waals surface area contributed by atoms with Crippen LogP contribution in [-0.4, -0.2) is 28.9 Å². The van der Waals surface area contributed by atoms with E-state index in [4.69, 9.17) is 21.7 Å². The topological polar surface area (TPSA) is 39.2 Å². The van der Waals surface area contributed by atoms with Crippen LogP contribution < -0.4 is 4.74 Å². The van der Waals surface area contributed by atoms with Gasteiger partial charge in [0.1, 0.15) is 5.75 Å². The number of aromatic amines is 1. The maximum atomic E-state index is 5.81. The smallest absolute Gasteiger partial charge is 0.178 e.